The maximum Gasteiger partial charge on any atom is 0.340 e. The Bertz CT molecular complexity index is 1210. The number of anilines is 1. The fourth-order valence-electron chi connectivity index (χ4n) is 5.63. The van der Waals surface area contributed by atoms with Gasteiger partial charge in [0, 0.05) is 82.3 Å². The first-order valence-corrected chi connectivity index (χ1v) is 13.2. The Morgan fingerprint density at radius 2 is 1.79 bits per heavy atom. The van der Waals surface area contributed by atoms with E-state index in [0.29, 0.717) is 51.6 Å². The Morgan fingerprint density at radius 3 is 2.49 bits per heavy atom. The van der Waals surface area contributed by atoms with Crippen molar-refractivity contribution < 1.29 is 22.8 Å². The molecule has 210 valence electrons. The van der Waals surface area contributed by atoms with Crippen molar-refractivity contribution >= 4 is 24.1 Å². The van der Waals surface area contributed by atoms with E-state index in [-0.39, 0.29) is 17.7 Å². The summed E-state index contributed by atoms with van der Waals surface area (Å²) in [5.74, 6) is -2.93. The van der Waals surface area contributed by atoms with Crippen LogP contribution in [0.3, 0.4) is 0 Å². The van der Waals surface area contributed by atoms with Gasteiger partial charge in [-0.3, -0.25) is 4.79 Å². The largest absolute Gasteiger partial charge is 0.340 e. The number of rotatable bonds is 5. The second-order valence-electron chi connectivity index (χ2n) is 10.9. The van der Waals surface area contributed by atoms with Crippen LogP contribution in [0.2, 0.25) is 0 Å². The number of allylic oxidation sites excluding steroid dienone is 3. The molecule has 3 amide bonds. The van der Waals surface area contributed by atoms with Crippen LogP contribution in [0.1, 0.15) is 23.8 Å². The fourth-order valence-corrected chi connectivity index (χ4v) is 5.63. The van der Waals surface area contributed by atoms with Gasteiger partial charge in [-0.2, -0.15) is 5.10 Å². The van der Waals surface area contributed by atoms with Crippen LogP contribution in [0.5, 0.6) is 0 Å². The molecule has 4 heterocycles. The predicted octanol–water partition coefficient (Wildman–Crippen LogP) is 2.52. The summed E-state index contributed by atoms with van der Waals surface area (Å²) < 4.78 is 42.7. The minimum atomic E-state index is -0.764. The molecule has 0 aromatic carbocycles. The SMILES string of the molecule is CC1C(F)=CC(F)=CC1[C@@H]1CC=NN1C(=O)N1CCN(c2ncc(F)c(C(=O)N3CC(CN(C)C)C3)n2)CC1. The van der Waals surface area contributed by atoms with E-state index >= 15 is 0 Å². The molecule has 1 aliphatic carbocycles. The standard InChI is InChI=1S/C26H33F3N8O2/c1-16-19(10-18(27)11-20(16)28)22-4-5-31-37(22)26(39)35-8-6-34(7-9-35)25-30-12-21(29)23(32-25)24(38)36-14-17(15-36)13-33(2)3/h5,10-12,16-17,19,22H,4,6-9,13-15H2,1-3H3/t16?,19?,22-/m0/s1. The van der Waals surface area contributed by atoms with Gasteiger partial charge in [-0.15, -0.1) is 0 Å². The van der Waals surface area contributed by atoms with Crippen molar-refractivity contribution in [3.8, 4) is 0 Å². The molecule has 13 heteroatoms. The average Bonchev–Trinajstić information content (AvgIpc) is 3.37. The van der Waals surface area contributed by atoms with Crippen molar-refractivity contribution in [3.05, 3.63) is 41.5 Å². The van der Waals surface area contributed by atoms with Crippen molar-refractivity contribution in [2.45, 2.75) is 19.4 Å². The lowest BCUT2D eigenvalue weighted by Gasteiger charge is -2.40. The number of nitrogens with zero attached hydrogens (tertiary/aromatic N) is 8. The van der Waals surface area contributed by atoms with Gasteiger partial charge < -0.3 is 19.6 Å². The van der Waals surface area contributed by atoms with Gasteiger partial charge in [-0.1, -0.05) is 6.92 Å². The molecule has 5 rings (SSSR count). The number of hydrazone groups is 1. The van der Waals surface area contributed by atoms with Gasteiger partial charge in [0.1, 0.15) is 11.7 Å². The molecule has 39 heavy (non-hydrogen) atoms. The first-order valence-electron chi connectivity index (χ1n) is 13.2. The average molecular weight is 547 g/mol. The minimum Gasteiger partial charge on any atom is -0.337 e. The third-order valence-corrected chi connectivity index (χ3v) is 7.78. The predicted molar refractivity (Wildman–Crippen MR) is 139 cm³/mol. The number of halogens is 3. The highest BCUT2D eigenvalue weighted by Crippen LogP contribution is 2.37. The Morgan fingerprint density at radius 1 is 1.08 bits per heavy atom. The highest BCUT2D eigenvalue weighted by molar-refractivity contribution is 5.93. The van der Waals surface area contributed by atoms with E-state index in [0.717, 1.165) is 18.8 Å². The van der Waals surface area contributed by atoms with Gasteiger partial charge in [-0.05, 0) is 20.2 Å². The van der Waals surface area contributed by atoms with Crippen LogP contribution in [-0.2, 0) is 0 Å². The summed E-state index contributed by atoms with van der Waals surface area (Å²) in [6.07, 6.45) is 5.26. The molecule has 3 aliphatic heterocycles. The van der Waals surface area contributed by atoms with Crippen LogP contribution in [0.15, 0.2) is 35.1 Å². The van der Waals surface area contributed by atoms with Crippen LogP contribution < -0.4 is 4.90 Å². The summed E-state index contributed by atoms with van der Waals surface area (Å²) in [7, 11) is 3.94. The zero-order valence-electron chi connectivity index (χ0n) is 22.3. The summed E-state index contributed by atoms with van der Waals surface area (Å²) >= 11 is 0. The molecule has 0 saturated carbocycles. The first kappa shape index (κ1) is 27.1. The van der Waals surface area contributed by atoms with Crippen molar-refractivity contribution in [2.24, 2.45) is 22.9 Å². The molecule has 0 bridgehead atoms. The quantitative estimate of drug-likeness (QED) is 0.564. The third-order valence-electron chi connectivity index (χ3n) is 7.78. The lowest BCUT2D eigenvalue weighted by molar-refractivity contribution is 0.0439. The maximum absolute atomic E-state index is 14.5. The van der Waals surface area contributed by atoms with Gasteiger partial charge in [0.15, 0.2) is 11.5 Å². The van der Waals surface area contributed by atoms with Gasteiger partial charge in [0.05, 0.1) is 12.2 Å². The molecule has 0 radical (unpaired) electrons. The van der Waals surface area contributed by atoms with E-state index in [1.807, 2.05) is 14.1 Å². The second kappa shape index (κ2) is 10.9. The number of hydrogen-bond acceptors (Lipinski definition) is 7. The zero-order valence-corrected chi connectivity index (χ0v) is 22.3. The fraction of sp³-hybridized carbons (Fsp3) is 0.577. The van der Waals surface area contributed by atoms with Crippen molar-refractivity contribution in [1.29, 1.82) is 0 Å². The van der Waals surface area contributed by atoms with Gasteiger partial charge >= 0.3 is 6.03 Å². The molecule has 10 nitrogen and oxygen atoms in total. The Kier molecular flexibility index (Phi) is 7.61. The summed E-state index contributed by atoms with van der Waals surface area (Å²) in [5, 5.41) is 5.54. The van der Waals surface area contributed by atoms with Crippen molar-refractivity contribution in [2.75, 3.05) is 64.8 Å². The summed E-state index contributed by atoms with van der Waals surface area (Å²) in [6.45, 7) is 5.02. The molecule has 2 unspecified atom stereocenters. The van der Waals surface area contributed by atoms with E-state index in [1.165, 1.54) is 11.1 Å². The second-order valence-corrected chi connectivity index (χ2v) is 10.9. The first-order chi connectivity index (χ1) is 18.6. The number of urea groups is 1. The number of hydrogen-bond donors (Lipinski definition) is 0. The van der Waals surface area contributed by atoms with Crippen molar-refractivity contribution in [1.82, 2.24) is 29.7 Å². The third kappa shape index (κ3) is 5.49. The van der Waals surface area contributed by atoms with Crippen LogP contribution >= 0.6 is 0 Å². The molecule has 2 saturated heterocycles. The molecule has 0 spiro atoms. The topological polar surface area (TPSA) is 88.5 Å². The van der Waals surface area contributed by atoms with E-state index in [1.54, 1.807) is 27.8 Å². The monoisotopic (exact) mass is 546 g/mol. The van der Waals surface area contributed by atoms with E-state index in [4.69, 9.17) is 0 Å². The molecule has 0 N–H and O–H groups in total. The number of piperazine rings is 1. The summed E-state index contributed by atoms with van der Waals surface area (Å²) in [5.41, 5.74) is -0.251. The minimum absolute atomic E-state index is 0.230. The highest BCUT2D eigenvalue weighted by Gasteiger charge is 2.40. The molecular weight excluding hydrogens is 513 g/mol. The molecule has 3 atom stereocenters. The van der Waals surface area contributed by atoms with Gasteiger partial charge in [0.2, 0.25) is 5.95 Å². The Balaban J connectivity index is 1.20. The number of likely N-dealkylation sites (tertiary alicyclic amines) is 1. The summed E-state index contributed by atoms with van der Waals surface area (Å²) in [6, 6.07) is -0.825. The normalized spacial score (nSPS) is 25.7. The van der Waals surface area contributed by atoms with E-state index < -0.39 is 41.3 Å². The number of amides is 3. The smallest absolute Gasteiger partial charge is 0.337 e. The van der Waals surface area contributed by atoms with Gasteiger partial charge in [-0.25, -0.2) is 32.9 Å². The number of carbonyl (C=O) groups excluding carboxylic acids is 2. The van der Waals surface area contributed by atoms with Crippen LogP contribution in [0.25, 0.3) is 0 Å². The lowest BCUT2D eigenvalue weighted by Crippen LogP contribution is -2.54. The molecule has 1 aromatic rings. The highest BCUT2D eigenvalue weighted by atomic mass is 19.1. The molecular formula is C26H33F3N8O2. The molecule has 4 aliphatic rings. The van der Waals surface area contributed by atoms with Crippen LogP contribution in [0, 0.1) is 23.6 Å². The van der Waals surface area contributed by atoms with E-state index in [2.05, 4.69) is 20.0 Å². The summed E-state index contributed by atoms with van der Waals surface area (Å²) in [4.78, 5) is 41.6. The Hall–Kier alpha value is -3.48. The van der Waals surface area contributed by atoms with Gasteiger partial charge in [0.25, 0.3) is 5.91 Å². The maximum atomic E-state index is 14.5. The molecule has 2 fully saturated rings. The molecule has 1 aromatic heterocycles. The zero-order chi connectivity index (χ0) is 27.8. The Labute approximate surface area is 225 Å². The van der Waals surface area contributed by atoms with E-state index in [9.17, 15) is 22.8 Å². The van der Waals surface area contributed by atoms with Crippen LogP contribution in [0.4, 0.5) is 23.9 Å². The van der Waals surface area contributed by atoms with Crippen molar-refractivity contribution in [3.63, 3.8) is 0 Å². The van der Waals surface area contributed by atoms with Crippen LogP contribution in [-0.4, -0.2) is 114 Å². The lowest BCUT2D eigenvalue weighted by atomic mass is 9.82. The number of aromatic nitrogens is 2. The number of carbonyl (C=O) groups is 2.